The molecule has 2 saturated carbocycles. The molecule has 2 nitrogen and oxygen atoms in total. The molecule has 0 atom stereocenters. The van der Waals surface area contributed by atoms with E-state index in [2.05, 4.69) is 5.32 Å². The van der Waals surface area contributed by atoms with E-state index >= 15 is 0 Å². The van der Waals surface area contributed by atoms with Gasteiger partial charge in [-0.15, -0.1) is 11.6 Å². The van der Waals surface area contributed by atoms with E-state index in [-0.39, 0.29) is 11.4 Å². The summed E-state index contributed by atoms with van der Waals surface area (Å²) in [6.45, 7) is 0. The third kappa shape index (κ3) is 4.66. The Labute approximate surface area is 122 Å². The molecule has 0 aliphatic heterocycles. The maximum Gasteiger partial charge on any atom is 0.220 e. The molecule has 19 heavy (non-hydrogen) atoms. The van der Waals surface area contributed by atoms with Crippen molar-refractivity contribution < 1.29 is 4.79 Å². The van der Waals surface area contributed by atoms with Crippen LogP contribution in [-0.2, 0) is 4.79 Å². The van der Waals surface area contributed by atoms with Crippen LogP contribution in [0.25, 0.3) is 0 Å². The zero-order valence-electron chi connectivity index (χ0n) is 12.1. The van der Waals surface area contributed by atoms with Crippen LogP contribution in [0.5, 0.6) is 0 Å². The van der Waals surface area contributed by atoms with Crippen molar-refractivity contribution in [3.8, 4) is 0 Å². The van der Waals surface area contributed by atoms with Crippen molar-refractivity contribution >= 4 is 17.5 Å². The van der Waals surface area contributed by atoms with Crippen LogP contribution in [0.15, 0.2) is 0 Å². The number of nitrogens with one attached hydrogen (secondary N) is 1. The molecule has 2 aliphatic carbocycles. The average Bonchev–Trinajstić information content (AvgIpc) is 2.68. The number of alkyl halides is 1. The minimum atomic E-state index is -0.0956. The first-order chi connectivity index (χ1) is 9.24. The summed E-state index contributed by atoms with van der Waals surface area (Å²) in [7, 11) is 0. The van der Waals surface area contributed by atoms with Gasteiger partial charge in [-0.05, 0) is 31.6 Å². The molecule has 0 radical (unpaired) electrons. The molecule has 2 fully saturated rings. The minimum Gasteiger partial charge on any atom is -0.349 e. The number of hydrogen-bond donors (Lipinski definition) is 1. The van der Waals surface area contributed by atoms with E-state index in [0.29, 0.717) is 11.8 Å². The summed E-state index contributed by atoms with van der Waals surface area (Å²) < 4.78 is 0. The second-order valence-corrected chi connectivity index (χ2v) is 6.85. The molecule has 2 aliphatic rings. The summed E-state index contributed by atoms with van der Waals surface area (Å²) in [4.78, 5) is 12.3. The van der Waals surface area contributed by atoms with Crippen LogP contribution in [0.3, 0.4) is 0 Å². The van der Waals surface area contributed by atoms with Crippen LogP contribution in [0.2, 0.25) is 0 Å². The topological polar surface area (TPSA) is 29.1 Å². The van der Waals surface area contributed by atoms with Crippen molar-refractivity contribution in [2.24, 2.45) is 5.92 Å². The summed E-state index contributed by atoms with van der Waals surface area (Å²) >= 11 is 6.14. The monoisotopic (exact) mass is 285 g/mol. The second-order valence-electron chi connectivity index (χ2n) is 6.58. The summed E-state index contributed by atoms with van der Waals surface area (Å²) in [6, 6.07) is 0. The highest BCUT2D eigenvalue weighted by molar-refractivity contribution is 6.18. The van der Waals surface area contributed by atoms with Crippen LogP contribution >= 0.6 is 11.6 Å². The van der Waals surface area contributed by atoms with Gasteiger partial charge in [0.05, 0.1) is 5.54 Å². The summed E-state index contributed by atoms with van der Waals surface area (Å²) in [5.41, 5.74) is -0.0956. The molecule has 0 aromatic carbocycles. The highest BCUT2D eigenvalue weighted by Crippen LogP contribution is 2.30. The number of amides is 1. The van der Waals surface area contributed by atoms with E-state index in [0.717, 1.165) is 19.3 Å². The van der Waals surface area contributed by atoms with Gasteiger partial charge in [0.2, 0.25) is 5.91 Å². The van der Waals surface area contributed by atoms with Gasteiger partial charge in [-0.1, -0.05) is 44.9 Å². The Morgan fingerprint density at radius 2 is 1.58 bits per heavy atom. The van der Waals surface area contributed by atoms with Gasteiger partial charge in [0, 0.05) is 12.3 Å². The Hall–Kier alpha value is -0.240. The van der Waals surface area contributed by atoms with Crippen LogP contribution in [0, 0.1) is 5.92 Å². The van der Waals surface area contributed by atoms with Gasteiger partial charge in [-0.25, -0.2) is 0 Å². The molecular formula is C16H28ClNO. The third-order valence-electron chi connectivity index (χ3n) is 4.92. The fraction of sp³-hybridized carbons (Fsp3) is 0.938. The number of carbonyl (C=O) groups excluding carboxylic acids is 1. The van der Waals surface area contributed by atoms with Crippen LogP contribution in [0.4, 0.5) is 0 Å². The molecule has 0 unspecified atom stereocenters. The van der Waals surface area contributed by atoms with Gasteiger partial charge in [0.1, 0.15) is 0 Å². The lowest BCUT2D eigenvalue weighted by molar-refractivity contribution is -0.124. The Balaban J connectivity index is 1.81. The number of carbonyl (C=O) groups is 1. The highest BCUT2D eigenvalue weighted by atomic mass is 35.5. The molecule has 1 N–H and O–H groups in total. The molecule has 0 aromatic rings. The first-order valence-electron chi connectivity index (χ1n) is 8.11. The van der Waals surface area contributed by atoms with Crippen LogP contribution in [-0.4, -0.2) is 17.3 Å². The summed E-state index contributed by atoms with van der Waals surface area (Å²) in [5, 5.41) is 3.28. The number of hydrogen-bond acceptors (Lipinski definition) is 1. The molecular weight excluding hydrogens is 258 g/mol. The second kappa shape index (κ2) is 7.52. The van der Waals surface area contributed by atoms with E-state index in [1.54, 1.807) is 0 Å². The van der Waals surface area contributed by atoms with E-state index in [1.807, 2.05) is 0 Å². The highest BCUT2D eigenvalue weighted by Gasteiger charge is 2.33. The molecule has 0 spiro atoms. The maximum atomic E-state index is 12.3. The van der Waals surface area contributed by atoms with Crippen molar-refractivity contribution in [3.63, 3.8) is 0 Å². The van der Waals surface area contributed by atoms with Gasteiger partial charge >= 0.3 is 0 Å². The van der Waals surface area contributed by atoms with Crippen molar-refractivity contribution in [3.05, 3.63) is 0 Å². The molecule has 110 valence electrons. The first-order valence-corrected chi connectivity index (χ1v) is 8.64. The predicted octanol–water partition coefficient (Wildman–Crippen LogP) is 4.40. The molecule has 2 rings (SSSR count). The number of halogens is 1. The fourth-order valence-corrected chi connectivity index (χ4v) is 4.03. The van der Waals surface area contributed by atoms with Crippen molar-refractivity contribution in [2.45, 2.75) is 82.6 Å². The fourth-order valence-electron chi connectivity index (χ4n) is 3.70. The maximum absolute atomic E-state index is 12.3. The zero-order chi connectivity index (χ0) is 13.6. The van der Waals surface area contributed by atoms with Gasteiger partial charge in [-0.2, -0.15) is 0 Å². The van der Waals surface area contributed by atoms with Gasteiger partial charge in [-0.3, -0.25) is 4.79 Å². The lowest BCUT2D eigenvalue weighted by atomic mass is 9.82. The first kappa shape index (κ1) is 15.2. The Morgan fingerprint density at radius 3 is 2.16 bits per heavy atom. The molecule has 1 amide bonds. The quantitative estimate of drug-likeness (QED) is 0.602. The van der Waals surface area contributed by atoms with Crippen LogP contribution < -0.4 is 5.32 Å². The standard InChI is InChI=1S/C16H28ClNO/c17-13-16(10-6-3-7-11-16)18-15(19)12-14-8-4-1-2-5-9-14/h14H,1-13H2,(H,18,19). The molecule has 0 heterocycles. The summed E-state index contributed by atoms with van der Waals surface area (Å²) in [5.74, 6) is 1.43. The third-order valence-corrected chi connectivity index (χ3v) is 5.43. The van der Waals surface area contributed by atoms with E-state index in [1.165, 1.54) is 57.8 Å². The lowest BCUT2D eigenvalue weighted by Crippen LogP contribution is -2.51. The largest absolute Gasteiger partial charge is 0.349 e. The molecule has 0 saturated heterocycles. The van der Waals surface area contributed by atoms with Crippen molar-refractivity contribution in [1.82, 2.24) is 5.32 Å². The minimum absolute atomic E-state index is 0.0956. The molecule has 3 heteroatoms. The summed E-state index contributed by atoms with van der Waals surface area (Å²) in [6.07, 6.45) is 14.3. The number of rotatable bonds is 4. The predicted molar refractivity (Wildman–Crippen MR) is 80.5 cm³/mol. The lowest BCUT2D eigenvalue weighted by Gasteiger charge is -2.36. The molecule has 0 bridgehead atoms. The normalized spacial score (nSPS) is 24.7. The van der Waals surface area contributed by atoms with E-state index in [4.69, 9.17) is 11.6 Å². The average molecular weight is 286 g/mol. The van der Waals surface area contributed by atoms with E-state index < -0.39 is 0 Å². The Kier molecular flexibility index (Phi) is 6.00. The van der Waals surface area contributed by atoms with Crippen molar-refractivity contribution in [1.29, 1.82) is 0 Å². The Bertz CT molecular complexity index is 278. The van der Waals surface area contributed by atoms with Gasteiger partial charge in [0.15, 0.2) is 0 Å². The smallest absolute Gasteiger partial charge is 0.220 e. The molecule has 0 aromatic heterocycles. The Morgan fingerprint density at radius 1 is 1.00 bits per heavy atom. The van der Waals surface area contributed by atoms with Crippen LogP contribution in [0.1, 0.15) is 77.0 Å². The van der Waals surface area contributed by atoms with Crippen molar-refractivity contribution in [2.75, 3.05) is 5.88 Å². The SMILES string of the molecule is O=C(CC1CCCCCC1)NC1(CCl)CCCCC1. The van der Waals surface area contributed by atoms with Gasteiger partial charge < -0.3 is 5.32 Å². The van der Waals surface area contributed by atoms with Gasteiger partial charge in [0.25, 0.3) is 0 Å². The van der Waals surface area contributed by atoms with E-state index in [9.17, 15) is 4.79 Å². The zero-order valence-corrected chi connectivity index (χ0v) is 12.8.